The van der Waals surface area contributed by atoms with Crippen LogP contribution in [0.5, 0.6) is 11.6 Å². The molecule has 3 aliphatic heterocycles. The topological polar surface area (TPSA) is 94.4 Å². The van der Waals surface area contributed by atoms with Crippen LogP contribution < -0.4 is 20.3 Å². The number of aromatic nitrogens is 4. The molecule has 11 heteroatoms. The number of nitrogens with zero attached hydrogens (tertiary/aromatic N) is 5. The Morgan fingerprint density at radius 2 is 1.94 bits per heavy atom. The van der Waals surface area contributed by atoms with Crippen LogP contribution in [0.15, 0.2) is 29.2 Å². The summed E-state index contributed by atoms with van der Waals surface area (Å²) in [5, 5.41) is 11.9. The second-order valence-electron chi connectivity index (χ2n) is 9.21. The Hall–Kier alpha value is -2.82. The van der Waals surface area contributed by atoms with E-state index in [2.05, 4.69) is 25.4 Å². The quantitative estimate of drug-likeness (QED) is 0.568. The van der Waals surface area contributed by atoms with Gasteiger partial charge in [-0.15, -0.1) is 17.5 Å². The predicted octanol–water partition coefficient (Wildman–Crippen LogP) is 2.26. The Balaban J connectivity index is 0.00000253. The van der Waals surface area contributed by atoms with E-state index in [4.69, 9.17) is 9.47 Å². The SMILES string of the molecule is Cl.O=c1ccc2ncc(F)c3c2n1C(CN1CCC(NCc2cc4c(nn2)OCCO4)CC1)CC3. The van der Waals surface area contributed by atoms with Crippen molar-refractivity contribution in [3.05, 3.63) is 51.8 Å². The summed E-state index contributed by atoms with van der Waals surface area (Å²) in [7, 11) is 0. The molecular formula is C24H28ClFN6O3. The van der Waals surface area contributed by atoms with Crippen molar-refractivity contribution in [1.29, 1.82) is 0 Å². The summed E-state index contributed by atoms with van der Waals surface area (Å²) in [6.07, 6.45) is 4.68. The first-order valence-corrected chi connectivity index (χ1v) is 11.9. The Morgan fingerprint density at radius 3 is 2.80 bits per heavy atom. The molecule has 0 spiro atoms. The molecule has 6 heterocycles. The maximum atomic E-state index is 14.4. The standard InChI is InChI=1S/C24H27FN6O3.ClH/c25-19-13-27-20-3-4-22(32)31-17(1-2-18(19)23(20)31)14-30-7-5-15(6-8-30)26-12-16-11-21-24(29-28-16)34-10-9-33-21;/h3-4,11,13,15,17,26H,1-2,5-10,12,14H2;1H. The second-order valence-corrected chi connectivity index (χ2v) is 9.21. The third kappa shape index (κ3) is 4.70. The number of hydrogen-bond donors (Lipinski definition) is 1. The van der Waals surface area contributed by atoms with Gasteiger partial charge >= 0.3 is 0 Å². The number of nitrogens with one attached hydrogen (secondary N) is 1. The molecule has 1 atom stereocenters. The van der Waals surface area contributed by atoms with Gasteiger partial charge in [-0.3, -0.25) is 9.78 Å². The summed E-state index contributed by atoms with van der Waals surface area (Å²) >= 11 is 0. The van der Waals surface area contributed by atoms with Gasteiger partial charge in [-0.1, -0.05) is 0 Å². The van der Waals surface area contributed by atoms with E-state index in [-0.39, 0.29) is 29.8 Å². The van der Waals surface area contributed by atoms with Crippen LogP contribution in [0.2, 0.25) is 0 Å². The van der Waals surface area contributed by atoms with Crippen LogP contribution >= 0.6 is 12.4 Å². The molecule has 9 nitrogen and oxygen atoms in total. The summed E-state index contributed by atoms with van der Waals surface area (Å²) in [6, 6.07) is 5.56. The van der Waals surface area contributed by atoms with Crippen molar-refractivity contribution < 1.29 is 13.9 Å². The van der Waals surface area contributed by atoms with Crippen LogP contribution in [0.1, 0.15) is 36.6 Å². The predicted molar refractivity (Wildman–Crippen MR) is 130 cm³/mol. The van der Waals surface area contributed by atoms with Crippen molar-refractivity contribution in [2.75, 3.05) is 32.8 Å². The Morgan fingerprint density at radius 1 is 1.11 bits per heavy atom. The highest BCUT2D eigenvalue weighted by Crippen LogP contribution is 2.31. The van der Waals surface area contributed by atoms with Gasteiger partial charge in [0.2, 0.25) is 0 Å². The van der Waals surface area contributed by atoms with Crippen LogP contribution in [0.3, 0.4) is 0 Å². The third-order valence-electron chi connectivity index (χ3n) is 7.07. The van der Waals surface area contributed by atoms with Gasteiger partial charge in [0, 0.05) is 36.8 Å². The van der Waals surface area contributed by atoms with E-state index < -0.39 is 0 Å². The average molecular weight is 503 g/mol. The minimum atomic E-state index is -0.320. The fourth-order valence-electron chi connectivity index (χ4n) is 5.33. The fraction of sp³-hybridized carbons (Fsp3) is 0.500. The van der Waals surface area contributed by atoms with E-state index >= 15 is 0 Å². The summed E-state index contributed by atoms with van der Waals surface area (Å²) < 4.78 is 27.1. The number of ether oxygens (including phenoxy) is 2. The number of rotatable bonds is 5. The zero-order valence-electron chi connectivity index (χ0n) is 19.3. The second kappa shape index (κ2) is 10.0. The van der Waals surface area contributed by atoms with Crippen LogP contribution in [0.4, 0.5) is 4.39 Å². The van der Waals surface area contributed by atoms with Gasteiger partial charge in [0.05, 0.1) is 29.0 Å². The summed E-state index contributed by atoms with van der Waals surface area (Å²) in [5.41, 5.74) is 2.72. The van der Waals surface area contributed by atoms with Gasteiger partial charge in [0.25, 0.3) is 11.4 Å². The van der Waals surface area contributed by atoms with Crippen LogP contribution in [-0.2, 0) is 13.0 Å². The molecule has 3 aliphatic rings. The van der Waals surface area contributed by atoms with Crippen molar-refractivity contribution in [3.63, 3.8) is 0 Å². The molecule has 35 heavy (non-hydrogen) atoms. The van der Waals surface area contributed by atoms with E-state index in [0.717, 1.165) is 44.6 Å². The number of hydrogen-bond acceptors (Lipinski definition) is 8. The highest BCUT2D eigenvalue weighted by Gasteiger charge is 2.28. The van der Waals surface area contributed by atoms with E-state index in [9.17, 15) is 9.18 Å². The number of fused-ring (bicyclic) bond motifs is 1. The first-order valence-electron chi connectivity index (χ1n) is 11.9. The minimum Gasteiger partial charge on any atom is -0.484 e. The number of piperidine rings is 1. The monoisotopic (exact) mass is 502 g/mol. The fourth-order valence-corrected chi connectivity index (χ4v) is 5.33. The third-order valence-corrected chi connectivity index (χ3v) is 7.07. The van der Waals surface area contributed by atoms with Crippen molar-refractivity contribution >= 4 is 23.4 Å². The van der Waals surface area contributed by atoms with Crippen LogP contribution in [-0.4, -0.2) is 63.5 Å². The number of likely N-dealkylation sites (tertiary alicyclic amines) is 1. The normalized spacial score (nSPS) is 20.0. The van der Waals surface area contributed by atoms with Crippen LogP contribution in [0, 0.1) is 5.82 Å². The van der Waals surface area contributed by atoms with Crippen molar-refractivity contribution in [3.8, 4) is 11.6 Å². The highest BCUT2D eigenvalue weighted by atomic mass is 35.5. The maximum absolute atomic E-state index is 14.4. The molecule has 0 aromatic carbocycles. The zero-order valence-corrected chi connectivity index (χ0v) is 20.1. The largest absolute Gasteiger partial charge is 0.484 e. The molecule has 3 aromatic rings. The molecule has 1 fully saturated rings. The summed E-state index contributed by atoms with van der Waals surface area (Å²) in [5.74, 6) is 0.795. The van der Waals surface area contributed by atoms with E-state index in [1.807, 2.05) is 6.07 Å². The number of halogens is 2. The summed E-state index contributed by atoms with van der Waals surface area (Å²) in [4.78, 5) is 19.3. The highest BCUT2D eigenvalue weighted by molar-refractivity contribution is 5.85. The lowest BCUT2D eigenvalue weighted by molar-refractivity contribution is 0.161. The molecule has 6 rings (SSSR count). The minimum absolute atomic E-state index is 0. The molecular weight excluding hydrogens is 475 g/mol. The lowest BCUT2D eigenvalue weighted by Gasteiger charge is -2.36. The smallest absolute Gasteiger partial charge is 0.276 e. The van der Waals surface area contributed by atoms with Gasteiger partial charge in [-0.05, 0) is 44.8 Å². The molecule has 0 radical (unpaired) electrons. The molecule has 186 valence electrons. The Bertz CT molecular complexity index is 1280. The van der Waals surface area contributed by atoms with Gasteiger partial charge < -0.3 is 24.3 Å². The van der Waals surface area contributed by atoms with E-state index in [1.54, 1.807) is 16.7 Å². The molecule has 0 bridgehead atoms. The lowest BCUT2D eigenvalue weighted by Crippen LogP contribution is -2.45. The molecule has 1 unspecified atom stereocenters. The van der Waals surface area contributed by atoms with Gasteiger partial charge in [-0.2, -0.15) is 5.10 Å². The Kier molecular flexibility index (Phi) is 6.86. The molecule has 1 saturated heterocycles. The molecule has 0 saturated carbocycles. The molecule has 1 N–H and O–H groups in total. The van der Waals surface area contributed by atoms with Crippen LogP contribution in [0.25, 0.3) is 11.0 Å². The molecule has 0 amide bonds. The number of pyridine rings is 2. The first kappa shape index (κ1) is 23.9. The Labute approximate surface area is 208 Å². The lowest BCUT2D eigenvalue weighted by atomic mass is 9.96. The molecule has 3 aromatic heterocycles. The van der Waals surface area contributed by atoms with Gasteiger partial charge in [0.15, 0.2) is 5.75 Å². The molecule has 0 aliphatic carbocycles. The summed E-state index contributed by atoms with van der Waals surface area (Å²) in [6.45, 7) is 4.34. The van der Waals surface area contributed by atoms with Crippen molar-refractivity contribution in [1.82, 2.24) is 30.0 Å². The number of aryl methyl sites for hydroxylation is 1. The van der Waals surface area contributed by atoms with Gasteiger partial charge in [-0.25, -0.2) is 4.39 Å². The maximum Gasteiger partial charge on any atom is 0.276 e. The van der Waals surface area contributed by atoms with E-state index in [0.29, 0.717) is 60.4 Å². The van der Waals surface area contributed by atoms with Gasteiger partial charge in [0.1, 0.15) is 19.0 Å². The van der Waals surface area contributed by atoms with E-state index in [1.165, 1.54) is 6.20 Å². The zero-order chi connectivity index (χ0) is 23.1. The average Bonchev–Trinajstić information content (AvgIpc) is 2.87. The van der Waals surface area contributed by atoms with Crippen molar-refractivity contribution in [2.24, 2.45) is 0 Å². The van der Waals surface area contributed by atoms with Crippen molar-refractivity contribution in [2.45, 2.75) is 44.3 Å². The first-order chi connectivity index (χ1) is 16.7.